The van der Waals surface area contributed by atoms with Gasteiger partial charge in [0.25, 0.3) is 0 Å². The molecule has 0 aromatic heterocycles. The largest absolute Gasteiger partial charge is 0.347 e. The fourth-order valence-corrected chi connectivity index (χ4v) is 2.84. The molecule has 1 amide bonds. The lowest BCUT2D eigenvalue weighted by Crippen LogP contribution is -2.46. The average molecular weight is 316 g/mol. The fraction of sp³-hybridized carbons (Fsp3) is 0.556. The van der Waals surface area contributed by atoms with Crippen LogP contribution in [0.1, 0.15) is 30.4 Å². The summed E-state index contributed by atoms with van der Waals surface area (Å²) in [5, 5.41) is 3.18. The smallest absolute Gasteiger partial charge is 0.241 e. The van der Waals surface area contributed by atoms with Gasteiger partial charge in [0.05, 0.1) is 6.54 Å². The summed E-state index contributed by atoms with van der Waals surface area (Å²) in [7, 11) is 3.74. The van der Waals surface area contributed by atoms with Gasteiger partial charge in [-0.25, -0.2) is 0 Å². The molecule has 23 heavy (non-hydrogen) atoms. The van der Waals surface area contributed by atoms with Gasteiger partial charge in [-0.3, -0.25) is 9.79 Å². The Balaban J connectivity index is 1.84. The molecule has 5 nitrogen and oxygen atoms in total. The van der Waals surface area contributed by atoms with Gasteiger partial charge in [0, 0.05) is 33.7 Å². The molecule has 1 aliphatic heterocycles. The first kappa shape index (κ1) is 17.3. The van der Waals surface area contributed by atoms with Crippen LogP contribution in [-0.2, 0) is 11.3 Å². The Morgan fingerprint density at radius 3 is 2.48 bits per heavy atom. The van der Waals surface area contributed by atoms with Crippen molar-refractivity contribution in [2.45, 2.75) is 32.7 Å². The highest BCUT2D eigenvalue weighted by Crippen LogP contribution is 2.08. The van der Waals surface area contributed by atoms with E-state index in [9.17, 15) is 4.79 Å². The Bertz CT molecular complexity index is 532. The number of piperidine rings is 1. The third-order valence-electron chi connectivity index (χ3n) is 4.22. The number of guanidine groups is 1. The third-order valence-corrected chi connectivity index (χ3v) is 4.22. The van der Waals surface area contributed by atoms with Crippen molar-refractivity contribution >= 4 is 11.9 Å². The van der Waals surface area contributed by atoms with Crippen LogP contribution in [-0.4, -0.2) is 55.4 Å². The summed E-state index contributed by atoms with van der Waals surface area (Å²) in [5.41, 5.74) is 2.48. The van der Waals surface area contributed by atoms with Crippen molar-refractivity contribution in [3.63, 3.8) is 0 Å². The van der Waals surface area contributed by atoms with Gasteiger partial charge < -0.3 is 15.1 Å². The van der Waals surface area contributed by atoms with E-state index < -0.39 is 0 Å². The minimum atomic E-state index is 0.162. The van der Waals surface area contributed by atoms with Crippen molar-refractivity contribution in [1.29, 1.82) is 0 Å². The number of hydrogen-bond acceptors (Lipinski definition) is 2. The molecule has 0 spiro atoms. The van der Waals surface area contributed by atoms with Gasteiger partial charge in [-0.15, -0.1) is 0 Å². The minimum Gasteiger partial charge on any atom is -0.347 e. The molecule has 1 N–H and O–H groups in total. The second-order valence-corrected chi connectivity index (χ2v) is 6.18. The van der Waals surface area contributed by atoms with Gasteiger partial charge in [-0.1, -0.05) is 29.8 Å². The summed E-state index contributed by atoms with van der Waals surface area (Å²) in [5.74, 6) is 0.908. The highest BCUT2D eigenvalue weighted by Gasteiger charge is 2.17. The van der Waals surface area contributed by atoms with E-state index in [4.69, 9.17) is 0 Å². The predicted molar refractivity (Wildman–Crippen MR) is 94.4 cm³/mol. The zero-order valence-corrected chi connectivity index (χ0v) is 14.5. The van der Waals surface area contributed by atoms with Crippen LogP contribution in [0, 0.1) is 6.92 Å². The number of likely N-dealkylation sites (tertiary alicyclic amines) is 1. The molecule has 0 atom stereocenters. The first-order valence-corrected chi connectivity index (χ1v) is 8.35. The summed E-state index contributed by atoms with van der Waals surface area (Å²) in [6.45, 7) is 4.93. The number of benzene rings is 1. The topological polar surface area (TPSA) is 47.9 Å². The molecule has 0 aliphatic carbocycles. The molecule has 0 bridgehead atoms. The van der Waals surface area contributed by atoms with E-state index in [1.54, 1.807) is 7.05 Å². The number of nitrogens with zero attached hydrogens (tertiary/aromatic N) is 3. The highest BCUT2D eigenvalue weighted by atomic mass is 16.2. The van der Waals surface area contributed by atoms with Crippen molar-refractivity contribution in [3.8, 4) is 0 Å². The number of aryl methyl sites for hydroxylation is 1. The van der Waals surface area contributed by atoms with E-state index >= 15 is 0 Å². The van der Waals surface area contributed by atoms with Gasteiger partial charge in [-0.05, 0) is 31.7 Å². The van der Waals surface area contributed by atoms with Crippen LogP contribution >= 0.6 is 0 Å². The SMILES string of the molecule is CN=C(NCC(=O)N1CCCCC1)N(C)Cc1ccc(C)cc1. The van der Waals surface area contributed by atoms with Crippen molar-refractivity contribution in [2.24, 2.45) is 4.99 Å². The number of carbonyl (C=O) groups is 1. The molecular formula is C18H28N4O. The number of amides is 1. The Hall–Kier alpha value is -2.04. The maximum atomic E-state index is 12.2. The maximum absolute atomic E-state index is 12.2. The van der Waals surface area contributed by atoms with E-state index in [0.29, 0.717) is 6.54 Å². The average Bonchev–Trinajstić information content (AvgIpc) is 2.58. The first-order chi connectivity index (χ1) is 11.1. The second-order valence-electron chi connectivity index (χ2n) is 6.18. The fourth-order valence-electron chi connectivity index (χ4n) is 2.84. The summed E-state index contributed by atoms with van der Waals surface area (Å²) < 4.78 is 0. The van der Waals surface area contributed by atoms with Crippen LogP contribution in [0.4, 0.5) is 0 Å². The normalized spacial score (nSPS) is 15.4. The van der Waals surface area contributed by atoms with Crippen LogP contribution in [0.2, 0.25) is 0 Å². The lowest BCUT2D eigenvalue weighted by Gasteiger charge is -2.28. The van der Waals surface area contributed by atoms with E-state index in [1.807, 2.05) is 16.8 Å². The summed E-state index contributed by atoms with van der Waals surface area (Å²) in [6.07, 6.45) is 3.47. The molecule has 5 heteroatoms. The molecule has 0 radical (unpaired) electrons. The first-order valence-electron chi connectivity index (χ1n) is 8.35. The molecule has 126 valence electrons. The van der Waals surface area contributed by atoms with Gasteiger partial charge in [0.1, 0.15) is 0 Å². The van der Waals surface area contributed by atoms with Crippen LogP contribution < -0.4 is 5.32 Å². The van der Waals surface area contributed by atoms with Gasteiger partial charge in [0.15, 0.2) is 5.96 Å². The minimum absolute atomic E-state index is 0.162. The number of rotatable bonds is 4. The second kappa shape index (κ2) is 8.56. The van der Waals surface area contributed by atoms with E-state index in [1.165, 1.54) is 17.5 Å². The Morgan fingerprint density at radius 1 is 1.22 bits per heavy atom. The van der Waals surface area contributed by atoms with E-state index in [2.05, 4.69) is 41.5 Å². The van der Waals surface area contributed by atoms with Crippen LogP contribution in [0.5, 0.6) is 0 Å². The standard InChI is InChI=1S/C18H28N4O/c1-15-7-9-16(10-8-15)14-21(3)18(19-2)20-13-17(23)22-11-5-4-6-12-22/h7-10H,4-6,11-14H2,1-3H3,(H,19,20). The van der Waals surface area contributed by atoms with Crippen LogP contribution in [0.25, 0.3) is 0 Å². The van der Waals surface area contributed by atoms with E-state index in [0.717, 1.165) is 38.4 Å². The van der Waals surface area contributed by atoms with Gasteiger partial charge in [-0.2, -0.15) is 0 Å². The Kier molecular flexibility index (Phi) is 6.44. The summed E-state index contributed by atoms with van der Waals surface area (Å²) >= 11 is 0. The number of aliphatic imine (C=N–C) groups is 1. The van der Waals surface area contributed by atoms with Crippen molar-refractivity contribution in [2.75, 3.05) is 33.7 Å². The predicted octanol–water partition coefficient (Wildman–Crippen LogP) is 2.01. The number of nitrogens with one attached hydrogen (secondary N) is 1. The molecule has 1 aliphatic rings. The molecule has 1 aromatic carbocycles. The van der Waals surface area contributed by atoms with E-state index in [-0.39, 0.29) is 5.91 Å². The quantitative estimate of drug-likeness (QED) is 0.683. The summed E-state index contributed by atoms with van der Waals surface area (Å²) in [6, 6.07) is 8.47. The zero-order chi connectivity index (χ0) is 16.7. The van der Waals surface area contributed by atoms with Crippen molar-refractivity contribution in [3.05, 3.63) is 35.4 Å². The molecule has 2 rings (SSSR count). The van der Waals surface area contributed by atoms with Gasteiger partial charge in [0.2, 0.25) is 5.91 Å². The molecular weight excluding hydrogens is 288 g/mol. The lowest BCUT2D eigenvalue weighted by molar-refractivity contribution is -0.130. The molecule has 0 saturated carbocycles. The molecule has 1 fully saturated rings. The number of hydrogen-bond donors (Lipinski definition) is 1. The molecule has 1 aromatic rings. The van der Waals surface area contributed by atoms with Gasteiger partial charge >= 0.3 is 0 Å². The molecule has 0 unspecified atom stereocenters. The molecule has 1 saturated heterocycles. The lowest BCUT2D eigenvalue weighted by atomic mass is 10.1. The monoisotopic (exact) mass is 316 g/mol. The van der Waals surface area contributed by atoms with Crippen LogP contribution in [0.3, 0.4) is 0 Å². The Morgan fingerprint density at radius 2 is 1.87 bits per heavy atom. The van der Waals surface area contributed by atoms with Crippen molar-refractivity contribution < 1.29 is 4.79 Å². The number of carbonyl (C=O) groups excluding carboxylic acids is 1. The zero-order valence-electron chi connectivity index (χ0n) is 14.5. The summed E-state index contributed by atoms with van der Waals surface area (Å²) in [4.78, 5) is 20.5. The highest BCUT2D eigenvalue weighted by molar-refractivity contribution is 5.86. The molecule has 1 heterocycles. The van der Waals surface area contributed by atoms with Crippen molar-refractivity contribution in [1.82, 2.24) is 15.1 Å². The van der Waals surface area contributed by atoms with Crippen LogP contribution in [0.15, 0.2) is 29.3 Å². The third kappa shape index (κ3) is 5.27. The maximum Gasteiger partial charge on any atom is 0.241 e. The Labute approximate surface area is 139 Å².